The smallest absolute Gasteiger partial charge is 0.339 e. The van der Waals surface area contributed by atoms with Crippen LogP contribution in [-0.4, -0.2) is 12.6 Å². The van der Waals surface area contributed by atoms with E-state index >= 15 is 0 Å². The third-order valence-electron chi connectivity index (χ3n) is 1.76. The summed E-state index contributed by atoms with van der Waals surface area (Å²) in [7, 11) is 0. The first kappa shape index (κ1) is 9.96. The second kappa shape index (κ2) is 3.88. The number of hydrogen-bond donors (Lipinski definition) is 0. The molecular formula is C9H7ClO2S2. The van der Waals surface area contributed by atoms with Gasteiger partial charge in [0.25, 0.3) is 0 Å². The largest absolute Gasteiger partial charge is 0.462 e. The van der Waals surface area contributed by atoms with Crippen molar-refractivity contribution in [2.45, 2.75) is 6.92 Å². The van der Waals surface area contributed by atoms with E-state index in [1.807, 2.05) is 5.38 Å². The number of halogens is 1. The van der Waals surface area contributed by atoms with Gasteiger partial charge >= 0.3 is 5.97 Å². The number of esters is 1. The summed E-state index contributed by atoms with van der Waals surface area (Å²) in [6.07, 6.45) is 0. The molecule has 0 aliphatic rings. The second-order valence-electron chi connectivity index (χ2n) is 2.62. The molecule has 14 heavy (non-hydrogen) atoms. The van der Waals surface area contributed by atoms with Crippen LogP contribution in [0.4, 0.5) is 0 Å². The van der Waals surface area contributed by atoms with E-state index in [4.69, 9.17) is 16.3 Å². The number of carbonyl (C=O) groups is 1. The molecular weight excluding hydrogens is 240 g/mol. The van der Waals surface area contributed by atoms with Crippen molar-refractivity contribution in [3.63, 3.8) is 0 Å². The van der Waals surface area contributed by atoms with Crippen molar-refractivity contribution < 1.29 is 9.53 Å². The van der Waals surface area contributed by atoms with Gasteiger partial charge in [0.05, 0.1) is 21.2 Å². The molecule has 5 heteroatoms. The summed E-state index contributed by atoms with van der Waals surface area (Å²) in [5, 5.41) is 5.10. The van der Waals surface area contributed by atoms with E-state index in [0.717, 1.165) is 9.40 Å². The Hall–Kier alpha value is -0.580. The molecule has 2 heterocycles. The first-order valence-corrected chi connectivity index (χ1v) is 6.19. The Morgan fingerprint density at radius 1 is 1.50 bits per heavy atom. The van der Waals surface area contributed by atoms with E-state index < -0.39 is 0 Å². The Balaban J connectivity index is 2.51. The highest BCUT2D eigenvalue weighted by atomic mass is 35.5. The molecule has 74 valence electrons. The van der Waals surface area contributed by atoms with E-state index in [1.165, 1.54) is 11.3 Å². The predicted octanol–water partition coefficient (Wildman–Crippen LogP) is 3.79. The number of fused-ring (bicyclic) bond motifs is 1. The van der Waals surface area contributed by atoms with Gasteiger partial charge in [0.1, 0.15) is 0 Å². The van der Waals surface area contributed by atoms with Gasteiger partial charge in [-0.3, -0.25) is 0 Å². The van der Waals surface area contributed by atoms with Gasteiger partial charge in [-0.1, -0.05) is 11.6 Å². The Morgan fingerprint density at radius 2 is 2.21 bits per heavy atom. The lowest BCUT2D eigenvalue weighted by atomic mass is 10.2. The van der Waals surface area contributed by atoms with Crippen molar-refractivity contribution in [1.29, 1.82) is 0 Å². The first-order chi connectivity index (χ1) is 6.74. The first-order valence-electron chi connectivity index (χ1n) is 4.05. The second-order valence-corrected chi connectivity index (χ2v) is 5.04. The Morgan fingerprint density at radius 3 is 2.93 bits per heavy atom. The predicted molar refractivity (Wildman–Crippen MR) is 60.7 cm³/mol. The fourth-order valence-electron chi connectivity index (χ4n) is 1.18. The monoisotopic (exact) mass is 246 g/mol. The van der Waals surface area contributed by atoms with Crippen molar-refractivity contribution >= 4 is 49.6 Å². The average Bonchev–Trinajstić information content (AvgIpc) is 2.70. The minimum Gasteiger partial charge on any atom is -0.462 e. The molecule has 0 radical (unpaired) electrons. The van der Waals surface area contributed by atoms with E-state index in [0.29, 0.717) is 17.2 Å². The molecule has 0 aliphatic carbocycles. The zero-order valence-electron chi connectivity index (χ0n) is 7.37. The van der Waals surface area contributed by atoms with Gasteiger partial charge in [-0.25, -0.2) is 4.79 Å². The average molecular weight is 247 g/mol. The SMILES string of the molecule is CCOC(=O)c1csc2scc(Cl)c12. The standard InChI is InChI=1S/C9H7ClO2S2/c1-2-12-8(11)5-3-13-9-7(5)6(10)4-14-9/h3-4H,2H2,1H3. The summed E-state index contributed by atoms with van der Waals surface area (Å²) < 4.78 is 6.00. The van der Waals surface area contributed by atoms with Crippen molar-refractivity contribution in [2.75, 3.05) is 6.61 Å². The lowest BCUT2D eigenvalue weighted by molar-refractivity contribution is 0.0529. The fourth-order valence-corrected chi connectivity index (χ4v) is 3.57. The summed E-state index contributed by atoms with van der Waals surface area (Å²) in [4.78, 5) is 11.5. The number of carbonyl (C=O) groups excluding carboxylic acids is 1. The summed E-state index contributed by atoms with van der Waals surface area (Å²) in [6, 6.07) is 0. The topological polar surface area (TPSA) is 26.3 Å². The number of rotatable bonds is 2. The maximum Gasteiger partial charge on any atom is 0.339 e. The van der Waals surface area contributed by atoms with Crippen LogP contribution in [0.1, 0.15) is 17.3 Å². The summed E-state index contributed by atoms with van der Waals surface area (Å²) in [5.41, 5.74) is 0.582. The van der Waals surface area contributed by atoms with Crippen LogP contribution in [0.2, 0.25) is 5.02 Å². The molecule has 0 aliphatic heterocycles. The normalized spacial score (nSPS) is 10.7. The highest BCUT2D eigenvalue weighted by molar-refractivity contribution is 7.37. The van der Waals surface area contributed by atoms with Crippen molar-refractivity contribution in [3.8, 4) is 0 Å². The van der Waals surface area contributed by atoms with Crippen LogP contribution in [0.15, 0.2) is 10.8 Å². The van der Waals surface area contributed by atoms with Crippen LogP contribution in [0.5, 0.6) is 0 Å². The van der Waals surface area contributed by atoms with Gasteiger partial charge in [-0.15, -0.1) is 22.7 Å². The highest BCUT2D eigenvalue weighted by Crippen LogP contribution is 2.37. The molecule has 0 bridgehead atoms. The molecule has 2 aromatic heterocycles. The van der Waals surface area contributed by atoms with Gasteiger partial charge in [0.2, 0.25) is 0 Å². The van der Waals surface area contributed by atoms with Crippen molar-refractivity contribution in [3.05, 3.63) is 21.3 Å². The number of ether oxygens (including phenoxy) is 1. The zero-order valence-corrected chi connectivity index (χ0v) is 9.76. The summed E-state index contributed by atoms with van der Waals surface area (Å²) in [5.74, 6) is -0.293. The third-order valence-corrected chi connectivity index (χ3v) is 4.31. The summed E-state index contributed by atoms with van der Waals surface area (Å²) >= 11 is 9.04. The van der Waals surface area contributed by atoms with Crippen molar-refractivity contribution in [2.24, 2.45) is 0 Å². The molecule has 0 unspecified atom stereocenters. The van der Waals surface area contributed by atoms with Crippen molar-refractivity contribution in [1.82, 2.24) is 0 Å². The number of hydrogen-bond acceptors (Lipinski definition) is 4. The van der Waals surface area contributed by atoms with E-state index in [9.17, 15) is 4.79 Å². The minimum absolute atomic E-state index is 0.293. The Labute approximate surface area is 94.1 Å². The lowest BCUT2D eigenvalue weighted by Crippen LogP contribution is -2.03. The fraction of sp³-hybridized carbons (Fsp3) is 0.222. The minimum atomic E-state index is -0.293. The quantitative estimate of drug-likeness (QED) is 0.754. The van der Waals surface area contributed by atoms with Gasteiger partial charge < -0.3 is 4.74 Å². The van der Waals surface area contributed by atoms with Gasteiger partial charge in [-0.05, 0) is 6.92 Å². The maximum atomic E-state index is 11.5. The molecule has 2 nitrogen and oxygen atoms in total. The Kier molecular flexibility index (Phi) is 2.76. The van der Waals surface area contributed by atoms with Crippen LogP contribution in [0.25, 0.3) is 9.40 Å². The molecule has 0 N–H and O–H groups in total. The van der Waals surface area contributed by atoms with Crippen LogP contribution in [0.3, 0.4) is 0 Å². The molecule has 0 amide bonds. The lowest BCUT2D eigenvalue weighted by Gasteiger charge is -1.98. The van der Waals surface area contributed by atoms with E-state index in [2.05, 4.69) is 0 Å². The van der Waals surface area contributed by atoms with E-state index in [-0.39, 0.29) is 5.97 Å². The third kappa shape index (κ3) is 1.54. The van der Waals surface area contributed by atoms with Gasteiger partial charge in [0, 0.05) is 16.1 Å². The van der Waals surface area contributed by atoms with Gasteiger partial charge in [0.15, 0.2) is 0 Å². The molecule has 2 rings (SSSR count). The molecule has 0 fully saturated rings. The van der Waals surface area contributed by atoms with Crippen LogP contribution >= 0.6 is 34.3 Å². The highest BCUT2D eigenvalue weighted by Gasteiger charge is 2.16. The Bertz CT molecular complexity index is 472. The van der Waals surface area contributed by atoms with E-state index in [1.54, 1.807) is 23.6 Å². The molecule has 0 spiro atoms. The molecule has 0 atom stereocenters. The van der Waals surface area contributed by atoms with Crippen LogP contribution in [0, 0.1) is 0 Å². The van der Waals surface area contributed by atoms with Crippen LogP contribution in [-0.2, 0) is 4.74 Å². The maximum absolute atomic E-state index is 11.5. The molecule has 2 aromatic rings. The zero-order chi connectivity index (χ0) is 10.1. The molecule has 0 saturated carbocycles. The number of thiophene rings is 2. The molecule has 0 saturated heterocycles. The van der Waals surface area contributed by atoms with Crippen LogP contribution < -0.4 is 0 Å². The summed E-state index contributed by atoms with van der Waals surface area (Å²) in [6.45, 7) is 2.18. The van der Waals surface area contributed by atoms with Gasteiger partial charge in [-0.2, -0.15) is 0 Å². The molecule has 0 aromatic carbocycles.